The smallest absolute Gasteiger partial charge is 0.290 e. The summed E-state index contributed by atoms with van der Waals surface area (Å²) in [5, 5.41) is 2.82. The lowest BCUT2D eigenvalue weighted by molar-refractivity contribution is -0.121. The summed E-state index contributed by atoms with van der Waals surface area (Å²) in [4.78, 5) is 27.0. The predicted octanol–water partition coefficient (Wildman–Crippen LogP) is 2.52. The highest BCUT2D eigenvalue weighted by atomic mass is 32.2. The van der Waals surface area contributed by atoms with Gasteiger partial charge in [0.15, 0.2) is 5.76 Å². The first-order chi connectivity index (χ1) is 14.4. The summed E-state index contributed by atoms with van der Waals surface area (Å²) in [6.45, 7) is 4.15. The Bertz CT molecular complexity index is 984. The second kappa shape index (κ2) is 9.73. The van der Waals surface area contributed by atoms with Crippen molar-refractivity contribution >= 4 is 27.5 Å². The third kappa shape index (κ3) is 5.58. The molecule has 2 aromatic rings. The van der Waals surface area contributed by atoms with E-state index in [1.807, 2.05) is 0 Å². The minimum atomic E-state index is -3.45. The summed E-state index contributed by atoms with van der Waals surface area (Å²) in [5.74, 6) is -0.524. The number of nitrogens with zero attached hydrogens (tertiary/aromatic N) is 1. The van der Waals surface area contributed by atoms with Gasteiger partial charge in [0.1, 0.15) is 6.04 Å². The second-order valence-corrected chi connectivity index (χ2v) is 8.88. The van der Waals surface area contributed by atoms with Gasteiger partial charge in [-0.05, 0) is 49.1 Å². The van der Waals surface area contributed by atoms with Gasteiger partial charge in [0.2, 0.25) is 15.9 Å². The van der Waals surface area contributed by atoms with Crippen molar-refractivity contribution in [3.63, 3.8) is 0 Å². The predicted molar refractivity (Wildman–Crippen MR) is 113 cm³/mol. The number of carbonyl (C=O) groups is 2. The molecular formula is C21H25N3O5S. The maximum absolute atomic E-state index is 12.8. The molecular weight excluding hydrogens is 406 g/mol. The van der Waals surface area contributed by atoms with Crippen molar-refractivity contribution in [3.05, 3.63) is 66.6 Å². The van der Waals surface area contributed by atoms with Gasteiger partial charge in [-0.3, -0.25) is 9.59 Å². The number of hydrogen-bond donors (Lipinski definition) is 2. The molecule has 0 aliphatic carbocycles. The number of piperidine rings is 1. The van der Waals surface area contributed by atoms with Gasteiger partial charge in [0.05, 0.1) is 12.0 Å². The number of sulfonamides is 1. The summed E-state index contributed by atoms with van der Waals surface area (Å²) in [7, 11) is -3.45. The Hall–Kier alpha value is -2.91. The number of nitrogens with one attached hydrogen (secondary N) is 2. The first-order valence-electron chi connectivity index (χ1n) is 9.72. The van der Waals surface area contributed by atoms with E-state index < -0.39 is 16.1 Å². The molecule has 1 unspecified atom stereocenters. The topological polar surface area (TPSA) is 109 Å². The number of anilines is 1. The average Bonchev–Trinajstić information content (AvgIpc) is 3.28. The fourth-order valence-electron chi connectivity index (χ4n) is 3.36. The van der Waals surface area contributed by atoms with Gasteiger partial charge < -0.3 is 14.6 Å². The number of benzene rings is 1. The molecule has 160 valence electrons. The number of rotatable bonds is 8. The molecule has 0 bridgehead atoms. The molecule has 3 rings (SSSR count). The highest BCUT2D eigenvalue weighted by molar-refractivity contribution is 7.88. The van der Waals surface area contributed by atoms with Crippen molar-refractivity contribution < 1.29 is 22.4 Å². The number of carbonyl (C=O) groups excluding carboxylic acids is 2. The van der Waals surface area contributed by atoms with Crippen molar-refractivity contribution in [3.8, 4) is 0 Å². The van der Waals surface area contributed by atoms with E-state index in [2.05, 4.69) is 16.6 Å². The van der Waals surface area contributed by atoms with Gasteiger partial charge in [-0.1, -0.05) is 18.2 Å². The Labute approximate surface area is 176 Å². The zero-order valence-electron chi connectivity index (χ0n) is 16.5. The maximum atomic E-state index is 12.8. The van der Waals surface area contributed by atoms with Crippen LogP contribution in [0.3, 0.4) is 0 Å². The van der Waals surface area contributed by atoms with E-state index in [0.29, 0.717) is 24.2 Å². The molecule has 1 atom stereocenters. The third-order valence-electron chi connectivity index (χ3n) is 4.82. The number of amides is 2. The van der Waals surface area contributed by atoms with Crippen molar-refractivity contribution in [2.75, 3.05) is 18.4 Å². The summed E-state index contributed by atoms with van der Waals surface area (Å²) in [5.41, 5.74) is 1.13. The van der Waals surface area contributed by atoms with Crippen LogP contribution in [0.5, 0.6) is 0 Å². The molecule has 8 nitrogen and oxygen atoms in total. The van der Waals surface area contributed by atoms with Gasteiger partial charge >= 0.3 is 0 Å². The monoisotopic (exact) mass is 431 g/mol. The lowest BCUT2D eigenvalue weighted by Gasteiger charge is -2.34. The number of hydrogen-bond acceptors (Lipinski definition) is 5. The zero-order valence-corrected chi connectivity index (χ0v) is 17.4. The van der Waals surface area contributed by atoms with Crippen LogP contribution in [0.2, 0.25) is 0 Å². The molecule has 1 fully saturated rings. The van der Waals surface area contributed by atoms with Crippen LogP contribution >= 0.6 is 0 Å². The molecule has 1 saturated heterocycles. The highest BCUT2D eigenvalue weighted by Crippen LogP contribution is 2.22. The normalized spacial score (nSPS) is 16.8. The standard InChI is InChI=1S/C21H25N3O5S/c1-2-12-22-30(27,28)15-16-8-10-17(11-9-16)23-20(25)18-6-3-4-13-24(18)21(26)19-7-5-14-29-19/h2,5,7-11,14,18,22H,1,3-4,6,12-13,15H2,(H,23,25). The van der Waals surface area contributed by atoms with Crippen molar-refractivity contribution in [2.24, 2.45) is 0 Å². The highest BCUT2D eigenvalue weighted by Gasteiger charge is 2.33. The molecule has 1 aromatic carbocycles. The van der Waals surface area contributed by atoms with E-state index in [9.17, 15) is 18.0 Å². The van der Waals surface area contributed by atoms with Crippen molar-refractivity contribution in [2.45, 2.75) is 31.1 Å². The van der Waals surface area contributed by atoms with Crippen LogP contribution < -0.4 is 10.0 Å². The molecule has 0 radical (unpaired) electrons. The number of likely N-dealkylation sites (tertiary alicyclic amines) is 1. The molecule has 30 heavy (non-hydrogen) atoms. The molecule has 9 heteroatoms. The summed E-state index contributed by atoms with van der Waals surface area (Å²) in [6.07, 6.45) is 5.17. The molecule has 2 amide bonds. The minimum Gasteiger partial charge on any atom is -0.459 e. The van der Waals surface area contributed by atoms with Gasteiger partial charge in [-0.2, -0.15) is 0 Å². The van der Waals surface area contributed by atoms with E-state index in [0.717, 1.165) is 12.8 Å². The minimum absolute atomic E-state index is 0.164. The van der Waals surface area contributed by atoms with Crippen LogP contribution in [0.4, 0.5) is 5.69 Å². The van der Waals surface area contributed by atoms with Gasteiger partial charge in [0.25, 0.3) is 5.91 Å². The van der Waals surface area contributed by atoms with Crippen LogP contribution in [-0.2, 0) is 20.6 Å². The quantitative estimate of drug-likeness (QED) is 0.625. The van der Waals surface area contributed by atoms with Gasteiger partial charge in [0, 0.05) is 18.8 Å². The van der Waals surface area contributed by atoms with Gasteiger partial charge in [-0.15, -0.1) is 6.58 Å². The lowest BCUT2D eigenvalue weighted by Crippen LogP contribution is -2.49. The summed E-state index contributed by atoms with van der Waals surface area (Å²) in [6, 6.07) is 9.24. The fourth-order valence-corrected chi connectivity index (χ4v) is 4.46. The van der Waals surface area contributed by atoms with E-state index >= 15 is 0 Å². The van der Waals surface area contributed by atoms with Crippen LogP contribution in [-0.4, -0.2) is 44.3 Å². The SMILES string of the molecule is C=CCNS(=O)(=O)Cc1ccc(NC(=O)C2CCCCN2C(=O)c2ccco2)cc1. The van der Waals surface area contributed by atoms with E-state index in [4.69, 9.17) is 4.42 Å². The zero-order chi connectivity index (χ0) is 21.6. The third-order valence-corrected chi connectivity index (χ3v) is 6.14. The van der Waals surface area contributed by atoms with Gasteiger partial charge in [-0.25, -0.2) is 13.1 Å². The lowest BCUT2D eigenvalue weighted by atomic mass is 10.0. The Balaban J connectivity index is 1.64. The molecule has 2 heterocycles. The van der Waals surface area contributed by atoms with Crippen LogP contribution in [0.15, 0.2) is 59.7 Å². The first-order valence-corrected chi connectivity index (χ1v) is 11.4. The molecule has 2 N–H and O–H groups in total. The fraction of sp³-hybridized carbons (Fsp3) is 0.333. The largest absolute Gasteiger partial charge is 0.459 e. The molecule has 0 saturated carbocycles. The van der Waals surface area contributed by atoms with E-state index in [1.54, 1.807) is 41.3 Å². The Kier molecular flexibility index (Phi) is 7.07. The first kappa shape index (κ1) is 21.8. The average molecular weight is 432 g/mol. The van der Waals surface area contributed by atoms with Crippen LogP contribution in [0.1, 0.15) is 35.4 Å². The van der Waals surface area contributed by atoms with Crippen molar-refractivity contribution in [1.82, 2.24) is 9.62 Å². The molecule has 1 aromatic heterocycles. The molecule has 1 aliphatic rings. The summed E-state index contributed by atoms with van der Waals surface area (Å²) >= 11 is 0. The Morgan fingerprint density at radius 1 is 1.20 bits per heavy atom. The second-order valence-electron chi connectivity index (χ2n) is 7.07. The Morgan fingerprint density at radius 3 is 2.63 bits per heavy atom. The molecule has 1 aliphatic heterocycles. The summed E-state index contributed by atoms with van der Waals surface area (Å²) < 4.78 is 31.5. The molecule has 0 spiro atoms. The Morgan fingerprint density at radius 2 is 1.97 bits per heavy atom. The van der Waals surface area contributed by atoms with Crippen LogP contribution in [0.25, 0.3) is 0 Å². The van der Waals surface area contributed by atoms with E-state index in [-0.39, 0.29) is 29.9 Å². The van der Waals surface area contributed by atoms with Crippen LogP contribution in [0, 0.1) is 0 Å². The number of furan rings is 1. The van der Waals surface area contributed by atoms with Crippen molar-refractivity contribution in [1.29, 1.82) is 0 Å². The van der Waals surface area contributed by atoms with E-state index in [1.165, 1.54) is 12.3 Å². The maximum Gasteiger partial charge on any atom is 0.290 e.